The number of amides is 1. The fraction of sp³-hybridized carbons (Fsp3) is 0.562. The summed E-state index contributed by atoms with van der Waals surface area (Å²) in [6.07, 6.45) is 5.56. The molecular formula is C16H25N5O. The van der Waals surface area contributed by atoms with E-state index in [1.54, 1.807) is 6.20 Å². The molecule has 2 N–H and O–H groups in total. The molecule has 0 saturated carbocycles. The van der Waals surface area contributed by atoms with E-state index in [0.29, 0.717) is 12.4 Å². The number of carbonyl (C=O) groups excluding carboxylic acids is 1. The van der Waals surface area contributed by atoms with Crippen molar-refractivity contribution in [2.75, 3.05) is 30.3 Å². The second-order valence-electron chi connectivity index (χ2n) is 5.75. The average Bonchev–Trinajstić information content (AvgIpc) is 2.48. The summed E-state index contributed by atoms with van der Waals surface area (Å²) in [5, 5.41) is 6.33. The third kappa shape index (κ3) is 4.72. The van der Waals surface area contributed by atoms with Gasteiger partial charge in [0.05, 0.1) is 0 Å². The molecular weight excluding hydrogens is 278 g/mol. The number of anilines is 2. The molecule has 1 aromatic heterocycles. The van der Waals surface area contributed by atoms with Gasteiger partial charge in [-0.05, 0) is 33.1 Å². The van der Waals surface area contributed by atoms with Crippen LogP contribution >= 0.6 is 0 Å². The van der Waals surface area contributed by atoms with Crippen molar-refractivity contribution in [3.8, 4) is 0 Å². The Labute approximate surface area is 132 Å². The molecule has 0 spiro atoms. The van der Waals surface area contributed by atoms with Crippen molar-refractivity contribution >= 4 is 17.7 Å². The second-order valence-corrected chi connectivity index (χ2v) is 5.75. The minimum absolute atomic E-state index is 0.289. The highest BCUT2D eigenvalue weighted by atomic mass is 16.2. The number of nitrogens with one attached hydrogen (secondary N) is 2. The Kier molecular flexibility index (Phi) is 5.75. The van der Waals surface area contributed by atoms with Crippen LogP contribution in [-0.2, 0) is 4.79 Å². The summed E-state index contributed by atoms with van der Waals surface area (Å²) < 4.78 is 0. The van der Waals surface area contributed by atoms with Gasteiger partial charge in [0.1, 0.15) is 5.82 Å². The highest BCUT2D eigenvalue weighted by molar-refractivity contribution is 5.76. The number of carbonyl (C=O) groups is 1. The zero-order valence-corrected chi connectivity index (χ0v) is 13.5. The molecule has 22 heavy (non-hydrogen) atoms. The van der Waals surface area contributed by atoms with Crippen LogP contribution in [0, 0.1) is 6.92 Å². The van der Waals surface area contributed by atoms with E-state index in [0.717, 1.165) is 56.0 Å². The summed E-state index contributed by atoms with van der Waals surface area (Å²) in [6.45, 7) is 10.1. The smallest absolute Gasteiger partial charge is 0.228 e. The van der Waals surface area contributed by atoms with Crippen molar-refractivity contribution in [2.24, 2.45) is 0 Å². The average molecular weight is 303 g/mol. The van der Waals surface area contributed by atoms with Gasteiger partial charge in [-0.2, -0.15) is 4.98 Å². The molecule has 1 aliphatic heterocycles. The topological polar surface area (TPSA) is 70.2 Å². The highest BCUT2D eigenvalue weighted by Crippen LogP contribution is 2.14. The van der Waals surface area contributed by atoms with Gasteiger partial charge in [-0.3, -0.25) is 4.79 Å². The van der Waals surface area contributed by atoms with Gasteiger partial charge in [0.25, 0.3) is 0 Å². The van der Waals surface area contributed by atoms with Crippen molar-refractivity contribution in [1.82, 2.24) is 14.9 Å². The lowest BCUT2D eigenvalue weighted by molar-refractivity contribution is -0.133. The fourth-order valence-corrected chi connectivity index (χ4v) is 2.45. The Bertz CT molecular complexity index is 543. The maximum atomic E-state index is 11.7. The lowest BCUT2D eigenvalue weighted by Gasteiger charge is -2.26. The van der Waals surface area contributed by atoms with Gasteiger partial charge in [-0.25, -0.2) is 4.98 Å². The molecule has 0 aromatic carbocycles. The first-order valence-corrected chi connectivity index (χ1v) is 7.84. The predicted octanol–water partition coefficient (Wildman–Crippen LogP) is 2.55. The zero-order valence-electron chi connectivity index (χ0n) is 13.5. The quantitative estimate of drug-likeness (QED) is 0.758. The number of likely N-dealkylation sites (tertiary alicyclic amines) is 1. The number of aryl methyl sites for hydroxylation is 1. The van der Waals surface area contributed by atoms with Gasteiger partial charge in [-0.1, -0.05) is 6.58 Å². The molecule has 0 bridgehead atoms. The first kappa shape index (κ1) is 16.3. The van der Waals surface area contributed by atoms with Crippen LogP contribution in [0.25, 0.3) is 0 Å². The first-order chi connectivity index (χ1) is 10.6. The molecule has 1 aliphatic rings. The molecule has 1 amide bonds. The van der Waals surface area contributed by atoms with E-state index in [1.807, 2.05) is 18.7 Å². The third-order valence-electron chi connectivity index (χ3n) is 3.62. The maximum Gasteiger partial charge on any atom is 0.228 e. The van der Waals surface area contributed by atoms with E-state index in [1.165, 1.54) is 0 Å². The van der Waals surface area contributed by atoms with E-state index in [9.17, 15) is 4.79 Å². The van der Waals surface area contributed by atoms with Crippen LogP contribution in [0.2, 0.25) is 0 Å². The molecule has 6 nitrogen and oxygen atoms in total. The Morgan fingerprint density at radius 3 is 3.00 bits per heavy atom. The molecule has 2 rings (SSSR count). The van der Waals surface area contributed by atoms with Gasteiger partial charge < -0.3 is 15.5 Å². The molecule has 0 unspecified atom stereocenters. The fourth-order valence-electron chi connectivity index (χ4n) is 2.45. The largest absolute Gasteiger partial charge is 0.370 e. The maximum absolute atomic E-state index is 11.7. The standard InChI is InChI=1S/C16H25N5O/c1-12(2)19-16-18-11-13(3)15(20-16)17-8-6-10-21-9-5-4-7-14(21)22/h11H,1,4-10H2,2-3H3,(H2,17,18,19,20). The van der Waals surface area contributed by atoms with Crippen molar-refractivity contribution in [2.45, 2.75) is 39.5 Å². The molecule has 1 fully saturated rings. The number of piperidine rings is 1. The molecule has 0 atom stereocenters. The normalized spacial score (nSPS) is 14.8. The molecule has 0 aliphatic carbocycles. The van der Waals surface area contributed by atoms with Crippen LogP contribution in [-0.4, -0.2) is 40.4 Å². The van der Waals surface area contributed by atoms with Crippen LogP contribution in [0.1, 0.15) is 38.2 Å². The van der Waals surface area contributed by atoms with Crippen LogP contribution in [0.3, 0.4) is 0 Å². The van der Waals surface area contributed by atoms with Gasteiger partial charge in [0.15, 0.2) is 0 Å². The number of allylic oxidation sites excluding steroid dienone is 1. The summed E-state index contributed by atoms with van der Waals surface area (Å²) in [4.78, 5) is 22.3. The lowest BCUT2D eigenvalue weighted by Crippen LogP contribution is -2.36. The van der Waals surface area contributed by atoms with Gasteiger partial charge in [-0.15, -0.1) is 0 Å². The molecule has 1 aromatic rings. The Morgan fingerprint density at radius 1 is 1.45 bits per heavy atom. The van der Waals surface area contributed by atoms with Gasteiger partial charge in [0, 0.05) is 43.5 Å². The highest BCUT2D eigenvalue weighted by Gasteiger charge is 2.16. The summed E-state index contributed by atoms with van der Waals surface area (Å²) in [6, 6.07) is 0. The predicted molar refractivity (Wildman–Crippen MR) is 88.7 cm³/mol. The Hall–Kier alpha value is -2.11. The Balaban J connectivity index is 1.80. The van der Waals surface area contributed by atoms with Crippen molar-refractivity contribution in [1.29, 1.82) is 0 Å². The number of hydrogen-bond acceptors (Lipinski definition) is 5. The molecule has 2 heterocycles. The lowest BCUT2D eigenvalue weighted by atomic mass is 10.1. The summed E-state index contributed by atoms with van der Waals surface area (Å²) >= 11 is 0. The number of hydrogen-bond donors (Lipinski definition) is 2. The minimum atomic E-state index is 0.289. The zero-order chi connectivity index (χ0) is 15.9. The van der Waals surface area contributed by atoms with E-state index >= 15 is 0 Å². The van der Waals surface area contributed by atoms with Gasteiger partial charge in [0.2, 0.25) is 11.9 Å². The number of rotatable bonds is 7. The summed E-state index contributed by atoms with van der Waals surface area (Å²) in [7, 11) is 0. The van der Waals surface area contributed by atoms with Crippen LogP contribution in [0.15, 0.2) is 18.5 Å². The van der Waals surface area contributed by atoms with E-state index in [-0.39, 0.29) is 5.91 Å². The van der Waals surface area contributed by atoms with Crippen LogP contribution in [0.5, 0.6) is 0 Å². The molecule has 1 saturated heterocycles. The molecule has 6 heteroatoms. The van der Waals surface area contributed by atoms with Crippen molar-refractivity contribution < 1.29 is 4.79 Å². The first-order valence-electron chi connectivity index (χ1n) is 7.84. The van der Waals surface area contributed by atoms with Crippen molar-refractivity contribution in [3.63, 3.8) is 0 Å². The second kappa shape index (κ2) is 7.77. The van der Waals surface area contributed by atoms with Gasteiger partial charge >= 0.3 is 0 Å². The molecule has 120 valence electrons. The van der Waals surface area contributed by atoms with Crippen LogP contribution < -0.4 is 10.6 Å². The Morgan fingerprint density at radius 2 is 2.27 bits per heavy atom. The molecule has 0 radical (unpaired) electrons. The van der Waals surface area contributed by atoms with E-state index in [2.05, 4.69) is 27.2 Å². The summed E-state index contributed by atoms with van der Waals surface area (Å²) in [5.41, 5.74) is 1.81. The SMILES string of the molecule is C=C(C)Nc1ncc(C)c(NCCCN2CCCCC2=O)n1. The third-order valence-corrected chi connectivity index (χ3v) is 3.62. The van der Waals surface area contributed by atoms with Crippen LogP contribution in [0.4, 0.5) is 11.8 Å². The van der Waals surface area contributed by atoms with Crippen molar-refractivity contribution in [3.05, 3.63) is 24.0 Å². The van der Waals surface area contributed by atoms with E-state index < -0.39 is 0 Å². The summed E-state index contributed by atoms with van der Waals surface area (Å²) in [5.74, 6) is 1.66. The number of aromatic nitrogens is 2. The minimum Gasteiger partial charge on any atom is -0.370 e. The number of nitrogens with zero attached hydrogens (tertiary/aromatic N) is 3. The monoisotopic (exact) mass is 303 g/mol. The van der Waals surface area contributed by atoms with E-state index in [4.69, 9.17) is 0 Å².